The van der Waals surface area contributed by atoms with E-state index >= 15 is 0 Å². The van der Waals surface area contributed by atoms with Crippen molar-refractivity contribution in [3.63, 3.8) is 0 Å². The van der Waals surface area contributed by atoms with Gasteiger partial charge in [0.05, 0.1) is 4.90 Å². The van der Waals surface area contributed by atoms with Gasteiger partial charge in [0.2, 0.25) is 15.9 Å². The van der Waals surface area contributed by atoms with E-state index < -0.39 is 22.0 Å². The topological polar surface area (TPSA) is 75.3 Å². The van der Waals surface area contributed by atoms with E-state index in [4.69, 9.17) is 11.6 Å². The molecule has 0 aliphatic heterocycles. The third kappa shape index (κ3) is 6.09. The predicted molar refractivity (Wildman–Crippen MR) is 123 cm³/mol. The molecule has 0 aromatic heterocycles. The predicted octanol–water partition coefficient (Wildman–Crippen LogP) is 4.59. The molecule has 8 heteroatoms. The fraction of sp³-hybridized carbons (Fsp3) is 0.136. The number of hydrogen-bond donors (Lipinski definition) is 2. The van der Waals surface area contributed by atoms with Crippen molar-refractivity contribution in [3.05, 3.63) is 89.4 Å². The molecule has 0 heterocycles. The Hall–Kier alpha value is -2.32. The number of hydrogen-bond acceptors (Lipinski definition) is 4. The van der Waals surface area contributed by atoms with Gasteiger partial charge in [0.15, 0.2) is 0 Å². The molecule has 3 aromatic carbocycles. The van der Waals surface area contributed by atoms with Crippen molar-refractivity contribution >= 4 is 45.0 Å². The van der Waals surface area contributed by atoms with Crippen LogP contribution in [0.2, 0.25) is 5.02 Å². The maximum atomic E-state index is 13.0. The van der Waals surface area contributed by atoms with E-state index in [2.05, 4.69) is 10.0 Å². The summed E-state index contributed by atoms with van der Waals surface area (Å²) in [4.78, 5) is 14.1. The fourth-order valence-corrected chi connectivity index (χ4v) is 4.62. The molecule has 2 N–H and O–H groups in total. The highest BCUT2D eigenvalue weighted by molar-refractivity contribution is 7.98. The van der Waals surface area contributed by atoms with Crippen LogP contribution in [0.15, 0.2) is 88.7 Å². The first-order chi connectivity index (χ1) is 14.4. The van der Waals surface area contributed by atoms with Crippen LogP contribution in [0.1, 0.15) is 5.56 Å². The molecule has 0 aliphatic rings. The molecule has 0 aliphatic carbocycles. The van der Waals surface area contributed by atoms with Crippen LogP contribution >= 0.6 is 23.4 Å². The Morgan fingerprint density at radius 2 is 1.70 bits per heavy atom. The van der Waals surface area contributed by atoms with Gasteiger partial charge in [0, 0.05) is 15.6 Å². The molecule has 5 nitrogen and oxygen atoms in total. The molecule has 0 radical (unpaired) electrons. The van der Waals surface area contributed by atoms with Gasteiger partial charge in [-0.15, -0.1) is 11.8 Å². The molecule has 1 atom stereocenters. The molecule has 3 aromatic rings. The largest absolute Gasteiger partial charge is 0.325 e. The van der Waals surface area contributed by atoms with Gasteiger partial charge in [-0.1, -0.05) is 48.0 Å². The summed E-state index contributed by atoms with van der Waals surface area (Å²) in [5.41, 5.74) is 1.45. The number of rotatable bonds is 8. The Labute approximate surface area is 185 Å². The van der Waals surface area contributed by atoms with Gasteiger partial charge in [0.25, 0.3) is 0 Å². The van der Waals surface area contributed by atoms with Crippen molar-refractivity contribution < 1.29 is 13.2 Å². The van der Waals surface area contributed by atoms with Crippen molar-refractivity contribution in [1.82, 2.24) is 4.72 Å². The van der Waals surface area contributed by atoms with Crippen LogP contribution < -0.4 is 10.0 Å². The van der Waals surface area contributed by atoms with Crippen LogP contribution in [0.25, 0.3) is 0 Å². The second kappa shape index (κ2) is 10.1. The zero-order chi connectivity index (χ0) is 21.6. The third-order valence-corrected chi connectivity index (χ3v) is 6.82. The zero-order valence-corrected chi connectivity index (χ0v) is 18.6. The van der Waals surface area contributed by atoms with Crippen molar-refractivity contribution in [3.8, 4) is 0 Å². The van der Waals surface area contributed by atoms with Gasteiger partial charge < -0.3 is 5.32 Å². The minimum Gasteiger partial charge on any atom is -0.325 e. The number of carbonyl (C=O) groups is 1. The first-order valence-corrected chi connectivity index (χ1v) is 12.2. The second-order valence-electron chi connectivity index (χ2n) is 6.54. The number of thioether (sulfide) groups is 1. The number of sulfonamides is 1. The molecule has 0 fully saturated rings. The first kappa shape index (κ1) is 22.4. The summed E-state index contributed by atoms with van der Waals surface area (Å²) in [6.45, 7) is 0. The molecule has 0 bridgehead atoms. The van der Waals surface area contributed by atoms with Gasteiger partial charge >= 0.3 is 0 Å². The maximum absolute atomic E-state index is 13.0. The monoisotopic (exact) mass is 460 g/mol. The average molecular weight is 461 g/mol. The molecular formula is C22H21ClN2O3S2. The SMILES string of the molecule is CSc1cccc(NC(=O)[C@@H](Cc2ccccc2)NS(=O)(=O)c2ccc(Cl)cc2)c1. The zero-order valence-electron chi connectivity index (χ0n) is 16.2. The van der Waals surface area contributed by atoms with Crippen LogP contribution in [0, 0.1) is 0 Å². The van der Waals surface area contributed by atoms with Gasteiger partial charge in [-0.25, -0.2) is 8.42 Å². The highest BCUT2D eigenvalue weighted by atomic mass is 35.5. The quantitative estimate of drug-likeness (QED) is 0.482. The molecule has 0 saturated heterocycles. The Balaban J connectivity index is 1.85. The number of amides is 1. The Kier molecular flexibility index (Phi) is 7.55. The molecule has 1 amide bonds. The molecule has 156 valence electrons. The van der Waals surface area contributed by atoms with E-state index in [-0.39, 0.29) is 11.3 Å². The van der Waals surface area contributed by atoms with Crippen molar-refractivity contribution in [2.24, 2.45) is 0 Å². The summed E-state index contributed by atoms with van der Waals surface area (Å²) >= 11 is 7.42. The van der Waals surface area contributed by atoms with E-state index in [1.54, 1.807) is 17.8 Å². The molecule has 0 unspecified atom stereocenters. The van der Waals surface area contributed by atoms with E-state index in [0.29, 0.717) is 10.7 Å². The first-order valence-electron chi connectivity index (χ1n) is 9.14. The maximum Gasteiger partial charge on any atom is 0.242 e. The summed E-state index contributed by atoms with van der Waals surface area (Å²) in [5, 5.41) is 3.25. The lowest BCUT2D eigenvalue weighted by atomic mass is 10.1. The fourth-order valence-electron chi connectivity index (χ4n) is 2.84. The number of nitrogens with one attached hydrogen (secondary N) is 2. The summed E-state index contributed by atoms with van der Waals surface area (Å²) in [7, 11) is -3.92. The van der Waals surface area contributed by atoms with E-state index in [1.165, 1.54) is 24.3 Å². The van der Waals surface area contributed by atoms with Gasteiger partial charge in [-0.3, -0.25) is 4.79 Å². The minimum atomic E-state index is -3.92. The average Bonchev–Trinajstić information content (AvgIpc) is 2.74. The van der Waals surface area contributed by atoms with Crippen molar-refractivity contribution in [2.75, 3.05) is 11.6 Å². The molecule has 0 saturated carbocycles. The lowest BCUT2D eigenvalue weighted by molar-refractivity contribution is -0.117. The number of carbonyl (C=O) groups excluding carboxylic acids is 1. The van der Waals surface area contributed by atoms with E-state index in [0.717, 1.165) is 10.5 Å². The van der Waals surface area contributed by atoms with Crippen LogP contribution in [-0.2, 0) is 21.2 Å². The van der Waals surface area contributed by atoms with Crippen LogP contribution in [0.3, 0.4) is 0 Å². The minimum absolute atomic E-state index is 0.0437. The molecule has 3 rings (SSSR count). The highest BCUT2D eigenvalue weighted by Crippen LogP contribution is 2.20. The number of anilines is 1. The van der Waals surface area contributed by atoms with E-state index in [9.17, 15) is 13.2 Å². The van der Waals surface area contributed by atoms with Crippen LogP contribution in [0.4, 0.5) is 5.69 Å². The van der Waals surface area contributed by atoms with Crippen molar-refractivity contribution in [1.29, 1.82) is 0 Å². The van der Waals surface area contributed by atoms with Crippen LogP contribution in [-0.4, -0.2) is 26.6 Å². The standard InChI is InChI=1S/C22H21ClN2O3S2/c1-29-19-9-5-8-18(15-19)24-22(26)21(14-16-6-3-2-4-7-16)25-30(27,28)20-12-10-17(23)11-13-20/h2-13,15,21,25H,14H2,1H3,(H,24,26)/t21-/m1/s1. The summed E-state index contributed by atoms with van der Waals surface area (Å²) in [5.74, 6) is -0.436. The van der Waals surface area contributed by atoms with E-state index in [1.807, 2.05) is 54.8 Å². The molecular weight excluding hydrogens is 440 g/mol. The van der Waals surface area contributed by atoms with Crippen molar-refractivity contribution in [2.45, 2.75) is 22.3 Å². The Bertz CT molecular complexity index is 1100. The molecule has 30 heavy (non-hydrogen) atoms. The molecule has 0 spiro atoms. The Morgan fingerprint density at radius 3 is 2.37 bits per heavy atom. The highest BCUT2D eigenvalue weighted by Gasteiger charge is 2.26. The van der Waals surface area contributed by atoms with Gasteiger partial charge in [0.1, 0.15) is 6.04 Å². The lowest BCUT2D eigenvalue weighted by Crippen LogP contribution is -2.45. The summed E-state index contributed by atoms with van der Waals surface area (Å²) < 4.78 is 28.3. The smallest absolute Gasteiger partial charge is 0.242 e. The normalized spacial score (nSPS) is 12.3. The van der Waals surface area contributed by atoms with Gasteiger partial charge in [-0.05, 0) is 60.7 Å². The van der Waals surface area contributed by atoms with Gasteiger partial charge in [-0.2, -0.15) is 4.72 Å². The van der Waals surface area contributed by atoms with Crippen LogP contribution in [0.5, 0.6) is 0 Å². The third-order valence-electron chi connectivity index (χ3n) is 4.36. The second-order valence-corrected chi connectivity index (χ2v) is 9.57. The Morgan fingerprint density at radius 1 is 1.00 bits per heavy atom. The summed E-state index contributed by atoms with van der Waals surface area (Å²) in [6.07, 6.45) is 2.15. The number of halogens is 1. The number of benzene rings is 3. The summed E-state index contributed by atoms with van der Waals surface area (Å²) in [6, 6.07) is 21.5. The lowest BCUT2D eigenvalue weighted by Gasteiger charge is -2.19.